The minimum absolute atomic E-state index is 1.12. The maximum Gasteiger partial charge on any atom is -0.0142 e. The van der Waals surface area contributed by atoms with Gasteiger partial charge in [0.1, 0.15) is 0 Å². The molecule has 0 aliphatic carbocycles. The van der Waals surface area contributed by atoms with Crippen LogP contribution in [0, 0.1) is 0 Å². The van der Waals surface area contributed by atoms with Crippen LogP contribution in [0.4, 0.5) is 0 Å². The lowest BCUT2D eigenvalue weighted by Crippen LogP contribution is -1.69. The van der Waals surface area contributed by atoms with Gasteiger partial charge in [-0.05, 0) is 26.7 Å². The molecule has 0 aromatic heterocycles. The standard InChI is InChI=1S/C9H16/c1-4-6-7-8-9(3)5-2/h5-7H,4,8H2,1-3H3/b7-6-,9-5-. The fraction of sp³-hybridized carbons (Fsp3) is 0.556. The molecule has 0 atom stereocenters. The highest BCUT2D eigenvalue weighted by Crippen LogP contribution is 1.99. The molecule has 0 saturated carbocycles. The largest absolute Gasteiger partial charge is 0.0885 e. The van der Waals surface area contributed by atoms with E-state index in [0.29, 0.717) is 0 Å². The Kier molecular flexibility index (Phi) is 5.29. The first-order valence-corrected chi connectivity index (χ1v) is 3.58. The number of allylic oxidation sites excluding steroid dienone is 4. The molecule has 0 unspecified atom stereocenters. The molecule has 0 N–H and O–H groups in total. The predicted molar refractivity (Wildman–Crippen MR) is 43.5 cm³/mol. The lowest BCUT2D eigenvalue weighted by Gasteiger charge is -1.89. The van der Waals surface area contributed by atoms with Crippen molar-refractivity contribution in [2.75, 3.05) is 0 Å². The molecule has 0 amide bonds. The number of hydrogen-bond donors (Lipinski definition) is 0. The summed E-state index contributed by atoms with van der Waals surface area (Å²) in [6, 6.07) is 0. The van der Waals surface area contributed by atoms with Gasteiger partial charge in [-0.2, -0.15) is 0 Å². The van der Waals surface area contributed by atoms with E-state index in [-0.39, 0.29) is 0 Å². The Bertz CT molecular complexity index is 107. The van der Waals surface area contributed by atoms with Crippen LogP contribution in [0.3, 0.4) is 0 Å². The van der Waals surface area contributed by atoms with Gasteiger partial charge >= 0.3 is 0 Å². The Morgan fingerprint density at radius 2 is 2.00 bits per heavy atom. The summed E-state index contributed by atoms with van der Waals surface area (Å²) in [4.78, 5) is 0. The molecule has 0 heterocycles. The zero-order valence-electron chi connectivity index (χ0n) is 6.65. The third-order valence-electron chi connectivity index (χ3n) is 1.33. The maximum absolute atomic E-state index is 2.22. The second-order valence-corrected chi connectivity index (χ2v) is 2.22. The second-order valence-electron chi connectivity index (χ2n) is 2.22. The van der Waals surface area contributed by atoms with E-state index in [1.54, 1.807) is 0 Å². The third kappa shape index (κ3) is 5.35. The molecule has 0 fully saturated rings. The Balaban J connectivity index is 3.38. The average molecular weight is 124 g/mol. The van der Waals surface area contributed by atoms with Crippen LogP contribution in [0.1, 0.15) is 33.6 Å². The normalized spacial score (nSPS) is 13.0. The van der Waals surface area contributed by atoms with E-state index in [4.69, 9.17) is 0 Å². The summed E-state index contributed by atoms with van der Waals surface area (Å²) in [6.45, 7) is 6.39. The maximum atomic E-state index is 2.22. The highest BCUT2D eigenvalue weighted by molar-refractivity contribution is 5.02. The van der Waals surface area contributed by atoms with Crippen LogP contribution < -0.4 is 0 Å². The van der Waals surface area contributed by atoms with E-state index in [9.17, 15) is 0 Å². The number of rotatable bonds is 3. The molecule has 9 heavy (non-hydrogen) atoms. The first kappa shape index (κ1) is 8.48. The van der Waals surface area contributed by atoms with Crippen molar-refractivity contribution in [3.63, 3.8) is 0 Å². The quantitative estimate of drug-likeness (QED) is 0.506. The highest BCUT2D eigenvalue weighted by atomic mass is 13.9. The van der Waals surface area contributed by atoms with Crippen molar-refractivity contribution in [1.29, 1.82) is 0 Å². The van der Waals surface area contributed by atoms with Crippen LogP contribution >= 0.6 is 0 Å². The molecule has 0 rings (SSSR count). The Morgan fingerprint density at radius 1 is 1.33 bits per heavy atom. The Morgan fingerprint density at radius 3 is 2.44 bits per heavy atom. The molecule has 0 saturated heterocycles. The molecular weight excluding hydrogens is 108 g/mol. The summed E-state index contributed by atoms with van der Waals surface area (Å²) in [6.07, 6.45) is 8.84. The van der Waals surface area contributed by atoms with E-state index in [2.05, 4.69) is 39.0 Å². The fourth-order valence-corrected chi connectivity index (χ4v) is 0.554. The van der Waals surface area contributed by atoms with Gasteiger partial charge in [-0.3, -0.25) is 0 Å². The lowest BCUT2D eigenvalue weighted by molar-refractivity contribution is 1.15. The summed E-state index contributed by atoms with van der Waals surface area (Å²) >= 11 is 0. The highest BCUT2D eigenvalue weighted by Gasteiger charge is 1.78. The SMILES string of the molecule is C/C=C(/C)C/C=C\CC. The molecule has 0 heteroatoms. The summed E-state index contributed by atoms with van der Waals surface area (Å²) in [5.74, 6) is 0. The van der Waals surface area contributed by atoms with E-state index < -0.39 is 0 Å². The van der Waals surface area contributed by atoms with Crippen molar-refractivity contribution < 1.29 is 0 Å². The van der Waals surface area contributed by atoms with E-state index in [0.717, 1.165) is 12.8 Å². The van der Waals surface area contributed by atoms with Gasteiger partial charge in [0, 0.05) is 0 Å². The first-order valence-electron chi connectivity index (χ1n) is 3.58. The van der Waals surface area contributed by atoms with E-state index in [1.165, 1.54) is 5.57 Å². The molecule has 0 spiro atoms. The third-order valence-corrected chi connectivity index (χ3v) is 1.33. The van der Waals surface area contributed by atoms with Gasteiger partial charge in [0.25, 0.3) is 0 Å². The van der Waals surface area contributed by atoms with Crippen LogP contribution in [0.25, 0.3) is 0 Å². The van der Waals surface area contributed by atoms with Crippen molar-refractivity contribution in [3.05, 3.63) is 23.8 Å². The van der Waals surface area contributed by atoms with Gasteiger partial charge in [0.2, 0.25) is 0 Å². The van der Waals surface area contributed by atoms with E-state index >= 15 is 0 Å². The molecule has 0 aliphatic rings. The van der Waals surface area contributed by atoms with Crippen LogP contribution in [-0.4, -0.2) is 0 Å². The van der Waals surface area contributed by atoms with Crippen LogP contribution in [0.2, 0.25) is 0 Å². The van der Waals surface area contributed by atoms with Crippen molar-refractivity contribution >= 4 is 0 Å². The molecule has 0 aromatic carbocycles. The van der Waals surface area contributed by atoms with Crippen molar-refractivity contribution in [1.82, 2.24) is 0 Å². The summed E-state index contributed by atoms with van der Waals surface area (Å²) in [5.41, 5.74) is 1.44. The van der Waals surface area contributed by atoms with Gasteiger partial charge in [0.15, 0.2) is 0 Å². The number of hydrogen-bond acceptors (Lipinski definition) is 0. The summed E-state index contributed by atoms with van der Waals surface area (Å²) in [5, 5.41) is 0. The monoisotopic (exact) mass is 124 g/mol. The first-order chi connectivity index (χ1) is 4.31. The minimum atomic E-state index is 1.12. The van der Waals surface area contributed by atoms with Crippen molar-refractivity contribution in [2.24, 2.45) is 0 Å². The average Bonchev–Trinajstić information content (AvgIpc) is 1.89. The van der Waals surface area contributed by atoms with E-state index in [1.807, 2.05) is 0 Å². The zero-order chi connectivity index (χ0) is 7.11. The van der Waals surface area contributed by atoms with Gasteiger partial charge in [0.05, 0.1) is 0 Å². The molecule has 0 nitrogen and oxygen atoms in total. The second kappa shape index (κ2) is 5.61. The topological polar surface area (TPSA) is 0 Å². The van der Waals surface area contributed by atoms with Gasteiger partial charge in [-0.25, -0.2) is 0 Å². The van der Waals surface area contributed by atoms with Crippen molar-refractivity contribution in [3.8, 4) is 0 Å². The van der Waals surface area contributed by atoms with Gasteiger partial charge < -0.3 is 0 Å². The zero-order valence-corrected chi connectivity index (χ0v) is 6.65. The lowest BCUT2D eigenvalue weighted by atomic mass is 10.2. The Labute approximate surface area is 58.3 Å². The van der Waals surface area contributed by atoms with Crippen LogP contribution in [0.5, 0.6) is 0 Å². The molecule has 0 radical (unpaired) electrons. The Hall–Kier alpha value is -0.520. The predicted octanol–water partition coefficient (Wildman–Crippen LogP) is 3.31. The smallest absolute Gasteiger partial charge is 0.0142 e. The molecule has 0 bridgehead atoms. The minimum Gasteiger partial charge on any atom is -0.0885 e. The summed E-state index contributed by atoms with van der Waals surface area (Å²) in [7, 11) is 0. The molecule has 0 aromatic rings. The summed E-state index contributed by atoms with van der Waals surface area (Å²) < 4.78 is 0. The fourth-order valence-electron chi connectivity index (χ4n) is 0.554. The molecule has 0 aliphatic heterocycles. The molecule has 52 valence electrons. The van der Waals surface area contributed by atoms with Gasteiger partial charge in [-0.1, -0.05) is 30.7 Å². The van der Waals surface area contributed by atoms with Crippen molar-refractivity contribution in [2.45, 2.75) is 33.6 Å². The van der Waals surface area contributed by atoms with Crippen LogP contribution in [-0.2, 0) is 0 Å². The van der Waals surface area contributed by atoms with Crippen LogP contribution in [0.15, 0.2) is 23.8 Å². The van der Waals surface area contributed by atoms with Gasteiger partial charge in [-0.15, -0.1) is 0 Å². The molecular formula is C9H16.